The molecule has 0 radical (unpaired) electrons. The van der Waals surface area contributed by atoms with Crippen LogP contribution in [-0.4, -0.2) is 71.2 Å². The second-order valence-electron chi connectivity index (χ2n) is 8.00. The molecule has 1 aromatic carbocycles. The zero-order valence-corrected chi connectivity index (χ0v) is 17.7. The Morgan fingerprint density at radius 3 is 2.50 bits per heavy atom. The van der Waals surface area contributed by atoms with Gasteiger partial charge in [0.15, 0.2) is 0 Å². The van der Waals surface area contributed by atoms with Crippen LogP contribution >= 0.6 is 12.6 Å². The maximum atomic E-state index is 12.6. The molecular formula is C22H33N3O2S. The number of hydrogen-bond acceptors (Lipinski definition) is 3. The van der Waals surface area contributed by atoms with Crippen LogP contribution in [0.5, 0.6) is 0 Å². The SMILES string of the molecule is O=C1CCN(C(=O)S)C(CCc2ccccc2)CN1CCCN1CCCCC1. The average molecular weight is 404 g/mol. The van der Waals surface area contributed by atoms with Crippen LogP contribution in [0.3, 0.4) is 0 Å². The number of carbonyl (C=O) groups excluding carboxylic acids is 2. The lowest BCUT2D eigenvalue weighted by Crippen LogP contribution is -2.44. The van der Waals surface area contributed by atoms with Crippen LogP contribution in [0, 0.1) is 0 Å². The molecule has 1 atom stereocenters. The largest absolute Gasteiger partial charge is 0.341 e. The molecule has 28 heavy (non-hydrogen) atoms. The second-order valence-corrected chi connectivity index (χ2v) is 8.38. The summed E-state index contributed by atoms with van der Waals surface area (Å²) in [6.45, 7) is 5.33. The Labute approximate surface area is 174 Å². The van der Waals surface area contributed by atoms with E-state index in [1.165, 1.54) is 37.9 Å². The lowest BCUT2D eigenvalue weighted by atomic mass is 10.0. The second kappa shape index (κ2) is 10.9. The number of carbonyl (C=O) groups is 2. The number of amides is 2. The molecule has 2 saturated heterocycles. The van der Waals surface area contributed by atoms with Crippen molar-refractivity contribution in [3.63, 3.8) is 0 Å². The first-order valence-corrected chi connectivity index (χ1v) is 11.1. The quantitative estimate of drug-likeness (QED) is 0.709. The maximum Gasteiger partial charge on any atom is 0.278 e. The summed E-state index contributed by atoms with van der Waals surface area (Å²) in [4.78, 5) is 31.0. The van der Waals surface area contributed by atoms with Gasteiger partial charge in [0.05, 0.1) is 6.04 Å². The Morgan fingerprint density at radius 1 is 1.04 bits per heavy atom. The Balaban J connectivity index is 1.56. The first-order chi connectivity index (χ1) is 13.6. The van der Waals surface area contributed by atoms with Crippen LogP contribution in [0.15, 0.2) is 30.3 Å². The minimum atomic E-state index is -0.221. The lowest BCUT2D eigenvalue weighted by Gasteiger charge is -2.31. The van der Waals surface area contributed by atoms with Crippen LogP contribution in [0.25, 0.3) is 0 Å². The van der Waals surface area contributed by atoms with E-state index < -0.39 is 0 Å². The predicted molar refractivity (Wildman–Crippen MR) is 116 cm³/mol. The molecule has 2 fully saturated rings. The molecular weight excluding hydrogens is 370 g/mol. The standard InChI is InChI=1S/C22H33N3O2S/c26-21-12-17-25(22(27)28)20(11-10-19-8-3-1-4-9-19)18-24(21)16-7-15-23-13-5-2-6-14-23/h1,3-4,8-9,20H,2,5-7,10-18H2,(H,27,28). The Hall–Kier alpha value is -1.53. The molecule has 0 spiro atoms. The number of rotatable bonds is 7. The highest BCUT2D eigenvalue weighted by molar-refractivity contribution is 7.96. The number of benzene rings is 1. The molecule has 6 heteroatoms. The molecule has 0 aliphatic carbocycles. The van der Waals surface area contributed by atoms with Gasteiger partial charge in [-0.2, -0.15) is 0 Å². The number of piperidine rings is 1. The van der Waals surface area contributed by atoms with Gasteiger partial charge >= 0.3 is 0 Å². The van der Waals surface area contributed by atoms with E-state index in [2.05, 4.69) is 29.7 Å². The number of likely N-dealkylation sites (tertiary alicyclic amines) is 1. The van der Waals surface area contributed by atoms with Gasteiger partial charge < -0.3 is 14.7 Å². The van der Waals surface area contributed by atoms with Gasteiger partial charge in [0.25, 0.3) is 5.24 Å². The number of aryl methyl sites for hydroxylation is 1. The zero-order chi connectivity index (χ0) is 19.8. The van der Waals surface area contributed by atoms with Crippen molar-refractivity contribution in [1.82, 2.24) is 14.7 Å². The van der Waals surface area contributed by atoms with E-state index in [4.69, 9.17) is 0 Å². The minimum absolute atomic E-state index is 0.0339. The van der Waals surface area contributed by atoms with Crippen molar-refractivity contribution in [2.24, 2.45) is 0 Å². The third-order valence-corrected chi connectivity index (χ3v) is 6.25. The van der Waals surface area contributed by atoms with Gasteiger partial charge in [0, 0.05) is 26.1 Å². The smallest absolute Gasteiger partial charge is 0.278 e. The van der Waals surface area contributed by atoms with Gasteiger partial charge in [-0.25, -0.2) is 0 Å². The summed E-state index contributed by atoms with van der Waals surface area (Å²) < 4.78 is 0. The number of hydrogen-bond donors (Lipinski definition) is 1. The summed E-state index contributed by atoms with van der Waals surface area (Å²) in [5.74, 6) is 0.167. The molecule has 2 amide bonds. The van der Waals surface area contributed by atoms with Crippen LogP contribution in [0.4, 0.5) is 4.79 Å². The van der Waals surface area contributed by atoms with Gasteiger partial charge in [-0.3, -0.25) is 9.59 Å². The molecule has 2 aliphatic heterocycles. The van der Waals surface area contributed by atoms with Crippen molar-refractivity contribution in [2.75, 3.05) is 39.3 Å². The van der Waals surface area contributed by atoms with E-state index >= 15 is 0 Å². The van der Waals surface area contributed by atoms with Crippen molar-refractivity contribution in [3.8, 4) is 0 Å². The van der Waals surface area contributed by atoms with Gasteiger partial charge in [0.1, 0.15) is 0 Å². The number of nitrogens with zero attached hydrogens (tertiary/aromatic N) is 3. The zero-order valence-electron chi connectivity index (χ0n) is 16.8. The highest BCUT2D eigenvalue weighted by Crippen LogP contribution is 2.19. The molecule has 0 aromatic heterocycles. The summed E-state index contributed by atoms with van der Waals surface area (Å²) in [7, 11) is 0. The summed E-state index contributed by atoms with van der Waals surface area (Å²) in [6, 6.07) is 10.4. The van der Waals surface area contributed by atoms with Crippen molar-refractivity contribution in [2.45, 2.75) is 51.0 Å². The summed E-state index contributed by atoms with van der Waals surface area (Å²) in [5.41, 5.74) is 1.27. The molecule has 2 heterocycles. The van der Waals surface area contributed by atoms with E-state index in [1.54, 1.807) is 4.90 Å². The highest BCUT2D eigenvalue weighted by atomic mass is 32.1. The summed E-state index contributed by atoms with van der Waals surface area (Å²) >= 11 is 4.08. The first-order valence-electron chi connectivity index (χ1n) is 10.7. The van der Waals surface area contributed by atoms with Gasteiger partial charge in [-0.05, 0) is 57.3 Å². The van der Waals surface area contributed by atoms with Crippen molar-refractivity contribution >= 4 is 23.8 Å². The average Bonchev–Trinajstić information content (AvgIpc) is 2.87. The van der Waals surface area contributed by atoms with Gasteiger partial charge in [0.2, 0.25) is 5.91 Å². The Morgan fingerprint density at radius 2 is 1.79 bits per heavy atom. The molecule has 2 aliphatic rings. The molecule has 1 unspecified atom stereocenters. The lowest BCUT2D eigenvalue weighted by molar-refractivity contribution is -0.130. The molecule has 0 bridgehead atoms. The molecule has 1 aromatic rings. The van der Waals surface area contributed by atoms with Gasteiger partial charge in [-0.15, -0.1) is 0 Å². The fraction of sp³-hybridized carbons (Fsp3) is 0.636. The van der Waals surface area contributed by atoms with E-state index in [0.29, 0.717) is 19.5 Å². The molecule has 3 rings (SSSR count). The topological polar surface area (TPSA) is 43.9 Å². The highest BCUT2D eigenvalue weighted by Gasteiger charge is 2.30. The third-order valence-electron chi connectivity index (χ3n) is 6.00. The van der Waals surface area contributed by atoms with Crippen LogP contribution in [-0.2, 0) is 11.2 Å². The van der Waals surface area contributed by atoms with Crippen molar-refractivity contribution in [3.05, 3.63) is 35.9 Å². The van der Waals surface area contributed by atoms with E-state index in [9.17, 15) is 9.59 Å². The molecule has 154 valence electrons. The summed E-state index contributed by atoms with van der Waals surface area (Å²) in [5, 5.41) is -0.221. The first kappa shape index (κ1) is 21.2. The van der Waals surface area contributed by atoms with Gasteiger partial charge in [-0.1, -0.05) is 49.4 Å². The fourth-order valence-corrected chi connectivity index (χ4v) is 4.64. The van der Waals surface area contributed by atoms with Crippen LogP contribution < -0.4 is 0 Å². The Bertz CT molecular complexity index is 634. The third kappa shape index (κ3) is 6.24. The maximum absolute atomic E-state index is 12.6. The van der Waals surface area contributed by atoms with E-state index in [0.717, 1.165) is 32.4 Å². The van der Waals surface area contributed by atoms with E-state index in [-0.39, 0.29) is 17.2 Å². The number of thiol groups is 1. The normalized spacial score (nSPS) is 21.6. The van der Waals surface area contributed by atoms with Crippen LogP contribution in [0.1, 0.15) is 44.1 Å². The van der Waals surface area contributed by atoms with Crippen LogP contribution in [0.2, 0.25) is 0 Å². The Kier molecular flexibility index (Phi) is 8.22. The molecule has 5 nitrogen and oxygen atoms in total. The molecule has 0 N–H and O–H groups in total. The fourth-order valence-electron chi connectivity index (χ4n) is 4.37. The molecule has 0 saturated carbocycles. The van der Waals surface area contributed by atoms with Crippen molar-refractivity contribution in [1.29, 1.82) is 0 Å². The monoisotopic (exact) mass is 403 g/mol. The summed E-state index contributed by atoms with van der Waals surface area (Å²) in [6.07, 6.45) is 7.10. The predicted octanol–water partition coefficient (Wildman–Crippen LogP) is 3.45. The minimum Gasteiger partial charge on any atom is -0.341 e. The van der Waals surface area contributed by atoms with Crippen molar-refractivity contribution < 1.29 is 9.59 Å². The van der Waals surface area contributed by atoms with E-state index in [1.807, 2.05) is 23.1 Å².